The summed E-state index contributed by atoms with van der Waals surface area (Å²) >= 11 is 6.37. The molecule has 9 heteroatoms. The molecule has 0 unspecified atom stereocenters. The molecule has 2 heterocycles. The summed E-state index contributed by atoms with van der Waals surface area (Å²) in [6.07, 6.45) is 0.876. The second kappa shape index (κ2) is 7.40. The molecule has 1 aliphatic carbocycles. The van der Waals surface area contributed by atoms with Crippen molar-refractivity contribution in [2.75, 3.05) is 0 Å². The quantitative estimate of drug-likeness (QED) is 0.494. The largest absolute Gasteiger partial charge is 0.439 e. The van der Waals surface area contributed by atoms with Crippen LogP contribution in [0.25, 0.3) is 11.1 Å². The van der Waals surface area contributed by atoms with Gasteiger partial charge in [0.05, 0.1) is 21.4 Å². The second-order valence-corrected chi connectivity index (χ2v) is 12.2. The Morgan fingerprint density at radius 1 is 1.03 bits per heavy atom. The fourth-order valence-electron chi connectivity index (χ4n) is 4.67. The van der Waals surface area contributed by atoms with Gasteiger partial charge in [0.15, 0.2) is 15.4 Å². The molecule has 172 valence electrons. The van der Waals surface area contributed by atoms with Crippen LogP contribution in [-0.4, -0.2) is 41.4 Å². The SMILES string of the molecule is CC(C)(C)c1nc2ccc(Cl)c(S(=O)(=O)[C@@H]3CC[C@H](N4C(=O)c5ccccc5C4=O)C3)c2o1. The number of amides is 2. The molecule has 0 radical (unpaired) electrons. The van der Waals surface area contributed by atoms with Gasteiger partial charge in [-0.3, -0.25) is 14.5 Å². The molecule has 2 aromatic carbocycles. The van der Waals surface area contributed by atoms with Crippen LogP contribution >= 0.6 is 11.6 Å². The van der Waals surface area contributed by atoms with Crippen molar-refractivity contribution in [3.63, 3.8) is 0 Å². The third kappa shape index (κ3) is 3.38. The number of benzene rings is 2. The van der Waals surface area contributed by atoms with Crippen LogP contribution in [-0.2, 0) is 15.3 Å². The predicted molar refractivity (Wildman–Crippen MR) is 123 cm³/mol. The molecule has 33 heavy (non-hydrogen) atoms. The minimum Gasteiger partial charge on any atom is -0.439 e. The summed E-state index contributed by atoms with van der Waals surface area (Å²) in [5, 5.41) is -0.721. The van der Waals surface area contributed by atoms with E-state index in [1.54, 1.807) is 30.3 Å². The summed E-state index contributed by atoms with van der Waals surface area (Å²) in [5.74, 6) is -0.320. The van der Waals surface area contributed by atoms with E-state index in [9.17, 15) is 18.0 Å². The maximum Gasteiger partial charge on any atom is 0.261 e. The van der Waals surface area contributed by atoms with Crippen LogP contribution in [0.5, 0.6) is 0 Å². The zero-order valence-electron chi connectivity index (χ0n) is 18.5. The van der Waals surface area contributed by atoms with Gasteiger partial charge in [0.25, 0.3) is 11.8 Å². The number of carbonyl (C=O) groups is 2. The Kier molecular flexibility index (Phi) is 4.95. The molecular weight excluding hydrogens is 464 g/mol. The van der Waals surface area contributed by atoms with Gasteiger partial charge in [0.2, 0.25) is 5.89 Å². The van der Waals surface area contributed by atoms with Gasteiger partial charge >= 0.3 is 0 Å². The lowest BCUT2D eigenvalue weighted by atomic mass is 9.97. The molecule has 0 bridgehead atoms. The highest BCUT2D eigenvalue weighted by molar-refractivity contribution is 7.92. The molecule has 1 aromatic heterocycles. The first-order chi connectivity index (χ1) is 15.5. The van der Waals surface area contributed by atoms with Crippen LogP contribution in [0.2, 0.25) is 5.02 Å². The van der Waals surface area contributed by atoms with Crippen molar-refractivity contribution in [3.8, 4) is 0 Å². The first-order valence-electron chi connectivity index (χ1n) is 10.8. The molecule has 1 saturated carbocycles. The number of halogens is 1. The monoisotopic (exact) mass is 486 g/mol. The van der Waals surface area contributed by atoms with E-state index in [4.69, 9.17) is 16.0 Å². The van der Waals surface area contributed by atoms with E-state index in [1.165, 1.54) is 11.0 Å². The minimum absolute atomic E-state index is 0.0716. The molecule has 2 atom stereocenters. The fourth-order valence-corrected chi connectivity index (χ4v) is 7.14. The van der Waals surface area contributed by atoms with E-state index in [-0.39, 0.29) is 33.7 Å². The molecule has 0 saturated heterocycles. The van der Waals surface area contributed by atoms with E-state index in [1.807, 2.05) is 20.8 Å². The summed E-state index contributed by atoms with van der Waals surface area (Å²) in [4.78, 5) is 31.3. The van der Waals surface area contributed by atoms with Gasteiger partial charge in [-0.2, -0.15) is 0 Å². The van der Waals surface area contributed by atoms with Crippen LogP contribution < -0.4 is 0 Å². The van der Waals surface area contributed by atoms with Crippen LogP contribution in [0.15, 0.2) is 45.7 Å². The number of oxazole rings is 1. The van der Waals surface area contributed by atoms with Crippen LogP contribution in [0, 0.1) is 0 Å². The van der Waals surface area contributed by atoms with Crippen LogP contribution in [0.4, 0.5) is 0 Å². The Morgan fingerprint density at radius 3 is 2.27 bits per heavy atom. The number of carbonyl (C=O) groups excluding carboxylic acids is 2. The minimum atomic E-state index is -3.91. The highest BCUT2D eigenvalue weighted by Crippen LogP contribution is 2.41. The van der Waals surface area contributed by atoms with Gasteiger partial charge in [0.1, 0.15) is 10.4 Å². The number of aromatic nitrogens is 1. The van der Waals surface area contributed by atoms with E-state index < -0.39 is 26.5 Å². The summed E-state index contributed by atoms with van der Waals surface area (Å²) in [6.45, 7) is 5.78. The van der Waals surface area contributed by atoms with Gasteiger partial charge in [-0.05, 0) is 43.5 Å². The lowest BCUT2D eigenvalue weighted by Crippen LogP contribution is -2.39. The smallest absolute Gasteiger partial charge is 0.261 e. The normalized spacial score (nSPS) is 21.3. The summed E-state index contributed by atoms with van der Waals surface area (Å²) in [5.41, 5.74) is 0.890. The maximum absolute atomic E-state index is 13.7. The van der Waals surface area contributed by atoms with E-state index in [2.05, 4.69) is 4.98 Å². The lowest BCUT2D eigenvalue weighted by molar-refractivity contribution is 0.0588. The molecule has 3 aromatic rings. The molecule has 7 nitrogen and oxygen atoms in total. The lowest BCUT2D eigenvalue weighted by Gasteiger charge is -2.22. The van der Waals surface area contributed by atoms with Crippen LogP contribution in [0.1, 0.15) is 66.6 Å². The van der Waals surface area contributed by atoms with Gasteiger partial charge in [-0.15, -0.1) is 0 Å². The average Bonchev–Trinajstić information content (AvgIpc) is 3.45. The van der Waals surface area contributed by atoms with Crippen molar-refractivity contribution in [1.82, 2.24) is 9.88 Å². The Morgan fingerprint density at radius 2 is 1.67 bits per heavy atom. The average molecular weight is 487 g/mol. The van der Waals surface area contributed by atoms with Crippen molar-refractivity contribution in [3.05, 3.63) is 58.4 Å². The van der Waals surface area contributed by atoms with Gasteiger partial charge in [0, 0.05) is 11.5 Å². The third-order valence-corrected chi connectivity index (χ3v) is 9.08. The Balaban J connectivity index is 1.49. The first kappa shape index (κ1) is 22.1. The first-order valence-corrected chi connectivity index (χ1v) is 12.7. The van der Waals surface area contributed by atoms with Crippen molar-refractivity contribution < 1.29 is 22.4 Å². The summed E-state index contributed by atoms with van der Waals surface area (Å²) in [7, 11) is -3.91. The molecule has 2 amide bonds. The standard InChI is InChI=1S/C24H23ClN2O5S/c1-24(2,3)23-26-18-11-10-17(25)20(19(18)32-23)33(30,31)14-9-8-13(12-14)27-21(28)15-6-4-5-7-16(15)22(27)29/h4-7,10-11,13-14H,8-9,12H2,1-3H3/t13-,14+/m0/s1. The Labute approximate surface area is 196 Å². The number of nitrogens with zero attached hydrogens (tertiary/aromatic N) is 2. The van der Waals surface area contributed by atoms with E-state index in [0.29, 0.717) is 35.4 Å². The number of rotatable bonds is 3. The molecule has 2 aliphatic rings. The number of sulfone groups is 1. The van der Waals surface area contributed by atoms with Crippen molar-refractivity contribution in [2.45, 2.75) is 61.6 Å². The number of hydrogen-bond acceptors (Lipinski definition) is 6. The fraction of sp³-hybridized carbons (Fsp3) is 0.375. The highest BCUT2D eigenvalue weighted by atomic mass is 35.5. The highest BCUT2D eigenvalue weighted by Gasteiger charge is 2.46. The molecule has 1 aliphatic heterocycles. The Bertz CT molecular complexity index is 1390. The molecule has 5 rings (SSSR count). The Hall–Kier alpha value is -2.71. The van der Waals surface area contributed by atoms with E-state index >= 15 is 0 Å². The topological polar surface area (TPSA) is 97.5 Å². The van der Waals surface area contributed by atoms with Crippen molar-refractivity contribution in [1.29, 1.82) is 0 Å². The predicted octanol–water partition coefficient (Wildman–Crippen LogP) is 4.77. The van der Waals surface area contributed by atoms with Gasteiger partial charge in [-0.1, -0.05) is 44.5 Å². The number of hydrogen-bond donors (Lipinski definition) is 0. The second-order valence-electron chi connectivity index (χ2n) is 9.65. The van der Waals surface area contributed by atoms with Crippen LogP contribution in [0.3, 0.4) is 0 Å². The van der Waals surface area contributed by atoms with Gasteiger partial charge < -0.3 is 4.42 Å². The summed E-state index contributed by atoms with van der Waals surface area (Å²) < 4.78 is 33.3. The molecule has 1 fully saturated rings. The third-order valence-electron chi connectivity index (χ3n) is 6.38. The van der Waals surface area contributed by atoms with Crippen molar-refractivity contribution >= 4 is 44.4 Å². The van der Waals surface area contributed by atoms with Gasteiger partial charge in [-0.25, -0.2) is 13.4 Å². The maximum atomic E-state index is 13.7. The zero-order chi connectivity index (χ0) is 23.7. The number of imide groups is 1. The molecule has 0 N–H and O–H groups in total. The molecule has 0 spiro atoms. The number of fused-ring (bicyclic) bond motifs is 2. The molecular formula is C24H23ClN2O5S. The summed E-state index contributed by atoms with van der Waals surface area (Å²) in [6, 6.07) is 9.33. The zero-order valence-corrected chi connectivity index (χ0v) is 20.0. The van der Waals surface area contributed by atoms with E-state index in [0.717, 1.165) is 0 Å². The van der Waals surface area contributed by atoms with Crippen molar-refractivity contribution in [2.24, 2.45) is 0 Å².